The van der Waals surface area contributed by atoms with Crippen molar-refractivity contribution in [3.05, 3.63) is 70.1 Å². The predicted molar refractivity (Wildman–Crippen MR) is 126 cm³/mol. The Morgan fingerprint density at radius 3 is 2.56 bits per heavy atom. The summed E-state index contributed by atoms with van der Waals surface area (Å²) < 4.78 is 39.8. The van der Waals surface area contributed by atoms with Crippen molar-refractivity contribution in [3.63, 3.8) is 0 Å². The average molecular weight is 515 g/mol. The number of nitrogens with one attached hydrogen (secondary N) is 2. The third kappa shape index (κ3) is 6.88. The molecule has 0 bridgehead atoms. The number of carbonyl (C=O) groups is 1. The van der Waals surface area contributed by atoms with Crippen LogP contribution in [0.3, 0.4) is 0 Å². The second-order valence-corrected chi connectivity index (χ2v) is 8.56. The SMILES string of the molecule is C[C@@H](O)CNC(=O)c1cn(CCCNc2ccc(C(F)(F)F)cn2)cc1-c1ccc(Cl)cc1Cl. The summed E-state index contributed by atoms with van der Waals surface area (Å²) in [6, 6.07) is 7.26. The number of aromatic nitrogens is 2. The number of aryl methyl sites for hydroxylation is 1. The Balaban J connectivity index is 1.69. The van der Waals surface area contributed by atoms with E-state index in [9.17, 15) is 23.1 Å². The Labute approximate surface area is 204 Å². The van der Waals surface area contributed by atoms with E-state index in [0.717, 1.165) is 12.3 Å². The maximum absolute atomic E-state index is 12.7. The molecule has 0 unspecified atom stereocenters. The first kappa shape index (κ1) is 25.9. The summed E-state index contributed by atoms with van der Waals surface area (Å²) >= 11 is 12.4. The molecule has 34 heavy (non-hydrogen) atoms. The van der Waals surface area contributed by atoms with Crippen LogP contribution in [-0.2, 0) is 12.7 Å². The van der Waals surface area contributed by atoms with E-state index in [-0.39, 0.29) is 12.5 Å². The first-order valence-electron chi connectivity index (χ1n) is 10.4. The van der Waals surface area contributed by atoms with Crippen molar-refractivity contribution in [2.24, 2.45) is 0 Å². The highest BCUT2D eigenvalue weighted by Gasteiger charge is 2.30. The van der Waals surface area contributed by atoms with Gasteiger partial charge in [0.05, 0.1) is 17.2 Å². The van der Waals surface area contributed by atoms with Gasteiger partial charge < -0.3 is 20.3 Å². The van der Waals surface area contributed by atoms with Crippen LogP contribution in [0.15, 0.2) is 48.9 Å². The fourth-order valence-electron chi connectivity index (χ4n) is 3.22. The number of aliphatic hydroxyl groups is 1. The molecule has 2 heterocycles. The molecule has 3 N–H and O–H groups in total. The molecule has 1 amide bonds. The number of alkyl halides is 3. The summed E-state index contributed by atoms with van der Waals surface area (Å²) in [5, 5.41) is 16.0. The van der Waals surface area contributed by atoms with Gasteiger partial charge in [-0.05, 0) is 37.6 Å². The van der Waals surface area contributed by atoms with Crippen LogP contribution in [-0.4, -0.2) is 39.8 Å². The number of rotatable bonds is 9. The van der Waals surface area contributed by atoms with E-state index >= 15 is 0 Å². The summed E-state index contributed by atoms with van der Waals surface area (Å²) in [5.41, 5.74) is 0.837. The minimum absolute atomic E-state index is 0.0991. The zero-order valence-electron chi connectivity index (χ0n) is 18.2. The van der Waals surface area contributed by atoms with E-state index in [1.54, 1.807) is 37.5 Å². The van der Waals surface area contributed by atoms with Gasteiger partial charge in [-0.1, -0.05) is 29.3 Å². The summed E-state index contributed by atoms with van der Waals surface area (Å²) in [7, 11) is 0. The number of nitrogens with zero attached hydrogens (tertiary/aromatic N) is 2. The monoisotopic (exact) mass is 514 g/mol. The normalized spacial score (nSPS) is 12.4. The lowest BCUT2D eigenvalue weighted by Crippen LogP contribution is -2.30. The molecule has 3 aromatic rings. The van der Waals surface area contributed by atoms with E-state index in [1.165, 1.54) is 6.07 Å². The van der Waals surface area contributed by atoms with Crippen LogP contribution in [0.2, 0.25) is 10.0 Å². The van der Waals surface area contributed by atoms with Crippen LogP contribution in [0.25, 0.3) is 11.1 Å². The molecule has 2 aromatic heterocycles. The molecule has 0 fully saturated rings. The molecule has 1 atom stereocenters. The van der Waals surface area contributed by atoms with Crippen molar-refractivity contribution >= 4 is 34.9 Å². The van der Waals surface area contributed by atoms with Crippen LogP contribution in [0.4, 0.5) is 19.0 Å². The molecule has 3 rings (SSSR count). The number of hydrogen-bond acceptors (Lipinski definition) is 4. The van der Waals surface area contributed by atoms with Crippen molar-refractivity contribution in [2.75, 3.05) is 18.4 Å². The van der Waals surface area contributed by atoms with Crippen LogP contribution in [0.1, 0.15) is 29.3 Å². The summed E-state index contributed by atoms with van der Waals surface area (Å²) in [4.78, 5) is 16.5. The van der Waals surface area contributed by atoms with Crippen LogP contribution < -0.4 is 10.6 Å². The fourth-order valence-corrected chi connectivity index (χ4v) is 3.73. The minimum atomic E-state index is -4.43. The molecule has 0 radical (unpaired) electrons. The lowest BCUT2D eigenvalue weighted by atomic mass is 10.0. The van der Waals surface area contributed by atoms with Crippen LogP contribution in [0.5, 0.6) is 0 Å². The van der Waals surface area contributed by atoms with Gasteiger partial charge in [0.15, 0.2) is 0 Å². The first-order valence-corrected chi connectivity index (χ1v) is 11.2. The lowest BCUT2D eigenvalue weighted by molar-refractivity contribution is -0.137. The van der Waals surface area contributed by atoms with Gasteiger partial charge in [-0.25, -0.2) is 4.98 Å². The first-order chi connectivity index (χ1) is 16.0. The van der Waals surface area contributed by atoms with E-state index in [4.69, 9.17) is 23.2 Å². The van der Waals surface area contributed by atoms with Crippen LogP contribution >= 0.6 is 23.2 Å². The topological polar surface area (TPSA) is 79.2 Å². The molecule has 0 spiro atoms. The second kappa shape index (κ2) is 11.1. The minimum Gasteiger partial charge on any atom is -0.392 e. The molecule has 0 aliphatic heterocycles. The summed E-state index contributed by atoms with van der Waals surface area (Å²) in [6.45, 7) is 2.65. The van der Waals surface area contributed by atoms with Gasteiger partial charge in [-0.2, -0.15) is 13.2 Å². The molecule has 1 aromatic carbocycles. The third-order valence-electron chi connectivity index (χ3n) is 4.89. The van der Waals surface area contributed by atoms with Crippen molar-refractivity contribution in [1.82, 2.24) is 14.9 Å². The molecule has 0 aliphatic rings. The summed E-state index contributed by atoms with van der Waals surface area (Å²) in [6.07, 6.45) is -0.242. The fraction of sp³-hybridized carbons (Fsp3) is 0.304. The molecule has 0 aliphatic carbocycles. The average Bonchev–Trinajstić information content (AvgIpc) is 3.18. The maximum atomic E-state index is 12.7. The molecular formula is C23H23Cl2F3N4O2. The van der Waals surface area contributed by atoms with Crippen molar-refractivity contribution in [1.29, 1.82) is 0 Å². The van der Waals surface area contributed by atoms with Gasteiger partial charge in [0.2, 0.25) is 0 Å². The predicted octanol–water partition coefficient (Wildman–Crippen LogP) is 5.49. The number of aliphatic hydroxyl groups excluding tert-OH is 1. The van der Waals surface area contributed by atoms with Gasteiger partial charge in [-0.3, -0.25) is 4.79 Å². The largest absolute Gasteiger partial charge is 0.417 e. The molecule has 6 nitrogen and oxygen atoms in total. The van der Waals surface area contributed by atoms with Crippen molar-refractivity contribution in [2.45, 2.75) is 32.2 Å². The smallest absolute Gasteiger partial charge is 0.392 e. The molecule has 0 saturated carbocycles. The number of amides is 1. The lowest BCUT2D eigenvalue weighted by Gasteiger charge is -2.09. The molecular weight excluding hydrogens is 492 g/mol. The number of anilines is 1. The zero-order chi connectivity index (χ0) is 24.9. The Kier molecular flexibility index (Phi) is 8.46. The van der Waals surface area contributed by atoms with Crippen molar-refractivity contribution in [3.8, 4) is 11.1 Å². The Hall–Kier alpha value is -2.75. The highest BCUT2D eigenvalue weighted by Crippen LogP contribution is 2.33. The maximum Gasteiger partial charge on any atom is 0.417 e. The van der Waals surface area contributed by atoms with Gasteiger partial charge in [-0.15, -0.1) is 0 Å². The van der Waals surface area contributed by atoms with Gasteiger partial charge >= 0.3 is 6.18 Å². The molecule has 0 saturated heterocycles. The zero-order valence-corrected chi connectivity index (χ0v) is 19.7. The van der Waals surface area contributed by atoms with E-state index in [0.29, 0.717) is 52.1 Å². The Bertz CT molecular complexity index is 1130. The Morgan fingerprint density at radius 1 is 1.18 bits per heavy atom. The number of hydrogen-bond donors (Lipinski definition) is 3. The number of benzene rings is 1. The number of pyridine rings is 1. The highest BCUT2D eigenvalue weighted by atomic mass is 35.5. The van der Waals surface area contributed by atoms with Crippen molar-refractivity contribution < 1.29 is 23.1 Å². The van der Waals surface area contributed by atoms with Crippen LogP contribution in [0, 0.1) is 0 Å². The van der Waals surface area contributed by atoms with E-state index < -0.39 is 17.8 Å². The number of carbonyl (C=O) groups excluding carboxylic acids is 1. The summed E-state index contributed by atoms with van der Waals surface area (Å²) in [5.74, 6) is -0.0138. The van der Waals surface area contributed by atoms with E-state index in [2.05, 4.69) is 15.6 Å². The van der Waals surface area contributed by atoms with Gasteiger partial charge in [0, 0.05) is 59.4 Å². The van der Waals surface area contributed by atoms with Gasteiger partial charge in [0.1, 0.15) is 5.82 Å². The van der Waals surface area contributed by atoms with Gasteiger partial charge in [0.25, 0.3) is 5.91 Å². The molecule has 182 valence electrons. The Morgan fingerprint density at radius 2 is 1.94 bits per heavy atom. The second-order valence-electron chi connectivity index (χ2n) is 7.72. The molecule has 11 heteroatoms. The standard InChI is InChI=1S/C23H23Cl2F3N4O2/c1-14(33)10-31-22(34)19-13-32(12-18(19)17-5-4-16(24)9-20(17)25)8-2-7-29-21-6-3-15(11-30-21)23(26,27)28/h3-6,9,11-14,33H,2,7-8,10H2,1H3,(H,29,30)(H,31,34)/t14-/m1/s1. The highest BCUT2D eigenvalue weighted by molar-refractivity contribution is 6.36. The van der Waals surface area contributed by atoms with E-state index in [1.807, 2.05) is 4.57 Å². The third-order valence-corrected chi connectivity index (χ3v) is 5.44. The quantitative estimate of drug-likeness (QED) is 0.330. The number of halogens is 5.